The Balaban J connectivity index is 2.21. The molecule has 1 atom stereocenters. The van der Waals surface area contributed by atoms with Gasteiger partial charge in [0.2, 0.25) is 0 Å². The molecule has 0 aromatic carbocycles. The fourth-order valence-corrected chi connectivity index (χ4v) is 3.21. The van der Waals surface area contributed by atoms with Gasteiger partial charge in [0.1, 0.15) is 9.88 Å². The van der Waals surface area contributed by atoms with Crippen molar-refractivity contribution in [1.29, 1.82) is 0 Å². The lowest BCUT2D eigenvalue weighted by molar-refractivity contribution is -0.140. The SMILES string of the molecule is Cc1nc(-c2ccsc2)sc1C(=O)N[C@H](CO)C(=O)O. The Kier molecular flexibility index (Phi) is 4.48. The Morgan fingerprint density at radius 3 is 2.80 bits per heavy atom. The van der Waals surface area contributed by atoms with Gasteiger partial charge in [-0.3, -0.25) is 4.79 Å². The van der Waals surface area contributed by atoms with E-state index in [2.05, 4.69) is 10.3 Å². The molecule has 2 rings (SSSR count). The summed E-state index contributed by atoms with van der Waals surface area (Å²) in [6, 6.07) is 0.590. The van der Waals surface area contributed by atoms with Crippen LogP contribution in [0.4, 0.5) is 0 Å². The molecule has 3 N–H and O–H groups in total. The Labute approximate surface area is 122 Å². The van der Waals surface area contributed by atoms with Crippen molar-refractivity contribution in [2.24, 2.45) is 0 Å². The van der Waals surface area contributed by atoms with Gasteiger partial charge in [-0.05, 0) is 18.4 Å². The van der Waals surface area contributed by atoms with Crippen molar-refractivity contribution < 1.29 is 19.8 Å². The third-order valence-electron chi connectivity index (χ3n) is 2.56. The van der Waals surface area contributed by atoms with E-state index in [-0.39, 0.29) is 0 Å². The average molecular weight is 312 g/mol. The van der Waals surface area contributed by atoms with Gasteiger partial charge in [0.15, 0.2) is 6.04 Å². The first kappa shape index (κ1) is 14.6. The number of aliphatic hydroxyl groups excluding tert-OH is 1. The first-order chi connectivity index (χ1) is 9.52. The Bertz CT molecular complexity index is 621. The first-order valence-electron chi connectivity index (χ1n) is 5.67. The molecule has 0 aliphatic carbocycles. The zero-order valence-electron chi connectivity index (χ0n) is 10.5. The molecule has 1 amide bonds. The molecule has 6 nitrogen and oxygen atoms in total. The number of rotatable bonds is 5. The van der Waals surface area contributed by atoms with Crippen LogP contribution in [0.3, 0.4) is 0 Å². The number of carboxylic acids is 1. The first-order valence-corrected chi connectivity index (χ1v) is 7.43. The second-order valence-electron chi connectivity index (χ2n) is 3.99. The molecule has 2 aromatic heterocycles. The van der Waals surface area contributed by atoms with Crippen molar-refractivity contribution in [2.75, 3.05) is 6.61 Å². The van der Waals surface area contributed by atoms with Crippen LogP contribution in [0.1, 0.15) is 15.4 Å². The number of nitrogens with one attached hydrogen (secondary N) is 1. The summed E-state index contributed by atoms with van der Waals surface area (Å²) < 4.78 is 0. The summed E-state index contributed by atoms with van der Waals surface area (Å²) in [7, 11) is 0. The molecule has 0 aliphatic rings. The van der Waals surface area contributed by atoms with E-state index in [1.54, 1.807) is 6.92 Å². The summed E-state index contributed by atoms with van der Waals surface area (Å²) in [5.41, 5.74) is 1.47. The lowest BCUT2D eigenvalue weighted by Crippen LogP contribution is -2.43. The lowest BCUT2D eigenvalue weighted by Gasteiger charge is -2.10. The molecule has 8 heteroatoms. The van der Waals surface area contributed by atoms with Crippen molar-refractivity contribution in [1.82, 2.24) is 10.3 Å². The van der Waals surface area contributed by atoms with E-state index in [4.69, 9.17) is 10.2 Å². The van der Waals surface area contributed by atoms with Crippen molar-refractivity contribution in [2.45, 2.75) is 13.0 Å². The fraction of sp³-hybridized carbons (Fsp3) is 0.250. The van der Waals surface area contributed by atoms with Crippen LogP contribution in [-0.2, 0) is 4.79 Å². The number of carbonyl (C=O) groups excluding carboxylic acids is 1. The number of carbonyl (C=O) groups is 2. The Morgan fingerprint density at radius 2 is 2.25 bits per heavy atom. The molecule has 2 heterocycles. The van der Waals surface area contributed by atoms with Crippen LogP contribution in [0, 0.1) is 6.92 Å². The second-order valence-corrected chi connectivity index (χ2v) is 5.77. The molecule has 2 aromatic rings. The molecular weight excluding hydrogens is 300 g/mol. The number of thiazole rings is 1. The number of nitrogens with zero attached hydrogens (tertiary/aromatic N) is 1. The molecule has 0 fully saturated rings. The summed E-state index contributed by atoms with van der Waals surface area (Å²) in [5.74, 6) is -1.82. The van der Waals surface area contributed by atoms with Gasteiger partial charge in [0, 0.05) is 10.9 Å². The van der Waals surface area contributed by atoms with Crippen LogP contribution in [-0.4, -0.2) is 39.7 Å². The summed E-state index contributed by atoms with van der Waals surface area (Å²) >= 11 is 2.73. The summed E-state index contributed by atoms with van der Waals surface area (Å²) in [6.45, 7) is 1.03. The molecule has 0 saturated heterocycles. The van der Waals surface area contributed by atoms with Crippen LogP contribution in [0.15, 0.2) is 16.8 Å². The van der Waals surface area contributed by atoms with Gasteiger partial charge in [-0.15, -0.1) is 11.3 Å². The number of aliphatic hydroxyl groups is 1. The summed E-state index contributed by atoms with van der Waals surface area (Å²) in [6.07, 6.45) is 0. The number of aromatic nitrogens is 1. The molecule has 0 spiro atoms. The van der Waals surface area contributed by atoms with Crippen molar-refractivity contribution in [3.8, 4) is 10.6 Å². The van der Waals surface area contributed by atoms with Crippen molar-refractivity contribution in [3.63, 3.8) is 0 Å². The normalized spacial score (nSPS) is 12.1. The predicted octanol–water partition coefficient (Wildman–Crippen LogP) is 1.36. The van der Waals surface area contributed by atoms with Crippen LogP contribution in [0.2, 0.25) is 0 Å². The predicted molar refractivity (Wildman–Crippen MR) is 76.1 cm³/mol. The van der Waals surface area contributed by atoms with Gasteiger partial charge in [0.05, 0.1) is 12.3 Å². The van der Waals surface area contributed by atoms with Gasteiger partial charge >= 0.3 is 5.97 Å². The van der Waals surface area contributed by atoms with Crippen molar-refractivity contribution >= 4 is 34.6 Å². The number of amides is 1. The molecular formula is C12H12N2O4S2. The van der Waals surface area contributed by atoms with E-state index in [0.29, 0.717) is 15.6 Å². The fourth-order valence-electron chi connectivity index (χ4n) is 1.53. The standard InChI is InChI=1S/C12H12N2O4S2/c1-6-9(10(16)14-8(4-15)12(17)18)20-11(13-6)7-2-3-19-5-7/h2-3,5,8,15H,4H2,1H3,(H,14,16)(H,17,18)/t8-/m1/s1. The number of carboxylic acid groups (broad SMARTS) is 1. The van der Waals surface area contributed by atoms with Crippen LogP contribution < -0.4 is 5.32 Å². The summed E-state index contributed by atoms with van der Waals surface area (Å²) in [5, 5.41) is 24.5. The van der Waals surface area contributed by atoms with E-state index >= 15 is 0 Å². The zero-order valence-corrected chi connectivity index (χ0v) is 12.1. The van der Waals surface area contributed by atoms with Gasteiger partial charge in [0.25, 0.3) is 5.91 Å². The topological polar surface area (TPSA) is 99.5 Å². The average Bonchev–Trinajstić information content (AvgIpc) is 3.03. The number of thiophene rings is 1. The van der Waals surface area contributed by atoms with Gasteiger partial charge in [-0.1, -0.05) is 0 Å². The van der Waals surface area contributed by atoms with Crippen LogP contribution >= 0.6 is 22.7 Å². The van der Waals surface area contributed by atoms with Gasteiger partial charge in [-0.25, -0.2) is 9.78 Å². The number of hydrogen-bond acceptors (Lipinski definition) is 6. The minimum absolute atomic E-state index is 0.353. The molecule has 0 unspecified atom stereocenters. The molecule has 0 radical (unpaired) electrons. The smallest absolute Gasteiger partial charge is 0.328 e. The largest absolute Gasteiger partial charge is 0.480 e. The van der Waals surface area contributed by atoms with Crippen molar-refractivity contribution in [3.05, 3.63) is 27.4 Å². The minimum Gasteiger partial charge on any atom is -0.480 e. The third-order valence-corrected chi connectivity index (χ3v) is 4.45. The Hall–Kier alpha value is -1.77. The Morgan fingerprint density at radius 1 is 1.50 bits per heavy atom. The zero-order chi connectivity index (χ0) is 14.7. The summed E-state index contributed by atoms with van der Waals surface area (Å²) in [4.78, 5) is 27.5. The second kappa shape index (κ2) is 6.12. The molecule has 0 bridgehead atoms. The maximum atomic E-state index is 12.0. The maximum Gasteiger partial charge on any atom is 0.328 e. The maximum absolute atomic E-state index is 12.0. The van der Waals surface area contributed by atoms with Gasteiger partial charge in [-0.2, -0.15) is 11.3 Å². The monoisotopic (exact) mass is 312 g/mol. The highest BCUT2D eigenvalue weighted by Crippen LogP contribution is 2.29. The molecule has 106 valence electrons. The number of hydrogen-bond donors (Lipinski definition) is 3. The third kappa shape index (κ3) is 3.03. The quantitative estimate of drug-likeness (QED) is 0.774. The lowest BCUT2D eigenvalue weighted by atomic mass is 10.3. The van der Waals surface area contributed by atoms with Crippen LogP contribution in [0.25, 0.3) is 10.6 Å². The molecule has 0 saturated carbocycles. The van der Waals surface area contributed by atoms with E-state index in [0.717, 1.165) is 5.56 Å². The molecule has 0 aliphatic heterocycles. The van der Waals surface area contributed by atoms with Crippen LogP contribution in [0.5, 0.6) is 0 Å². The number of aryl methyl sites for hydroxylation is 1. The minimum atomic E-state index is -1.31. The molecule has 20 heavy (non-hydrogen) atoms. The van der Waals surface area contributed by atoms with E-state index in [9.17, 15) is 9.59 Å². The van der Waals surface area contributed by atoms with E-state index in [1.165, 1.54) is 22.7 Å². The highest BCUT2D eigenvalue weighted by atomic mass is 32.1. The van der Waals surface area contributed by atoms with Gasteiger partial charge < -0.3 is 15.5 Å². The van der Waals surface area contributed by atoms with E-state index < -0.39 is 24.5 Å². The highest BCUT2D eigenvalue weighted by Gasteiger charge is 2.23. The van der Waals surface area contributed by atoms with E-state index in [1.807, 2.05) is 16.8 Å². The number of aliphatic carboxylic acids is 1. The highest BCUT2D eigenvalue weighted by molar-refractivity contribution is 7.17.